The van der Waals surface area contributed by atoms with Gasteiger partial charge in [-0.15, -0.1) is 0 Å². The minimum Gasteiger partial charge on any atom is -0.0894 e. The summed E-state index contributed by atoms with van der Waals surface area (Å²) in [4.78, 5) is 2.37. The molecule has 0 spiro atoms. The van der Waals surface area contributed by atoms with Crippen molar-refractivity contribution in [2.45, 2.75) is 9.79 Å². The Morgan fingerprint density at radius 2 is 1.53 bits per heavy atom. The van der Waals surface area contributed by atoms with E-state index < -0.39 is 0 Å². The minimum absolute atomic E-state index is 0.987. The quantitative estimate of drug-likeness (QED) is 0.728. The van der Waals surface area contributed by atoms with E-state index in [2.05, 4.69) is 23.6 Å². The maximum Gasteiger partial charge on any atom is 0.0647 e. The molecule has 0 heterocycles. The van der Waals surface area contributed by atoms with Crippen LogP contribution in [-0.4, -0.2) is 5.37 Å². The Morgan fingerprint density at radius 3 is 2.27 bits per heavy atom. The van der Waals surface area contributed by atoms with Gasteiger partial charge < -0.3 is 0 Å². The fraction of sp³-hybridized carbons (Fsp3) is 0. The maximum absolute atomic E-state index is 4.86. The molecule has 0 atom stereocenters. The molecule has 1 radical (unpaired) electrons. The van der Waals surface area contributed by atoms with Crippen LogP contribution in [-0.2, 0) is 0 Å². The van der Waals surface area contributed by atoms with E-state index in [0.29, 0.717) is 0 Å². The molecular formula is C13H9S2. The summed E-state index contributed by atoms with van der Waals surface area (Å²) in [5, 5.41) is 2.78. The topological polar surface area (TPSA) is 0 Å². The highest BCUT2D eigenvalue weighted by Crippen LogP contribution is 2.29. The van der Waals surface area contributed by atoms with E-state index >= 15 is 0 Å². The van der Waals surface area contributed by atoms with E-state index in [1.54, 1.807) is 11.8 Å². The molecule has 73 valence electrons. The molecule has 0 nitrogen and oxygen atoms in total. The lowest BCUT2D eigenvalue weighted by molar-refractivity contribution is 1.40. The monoisotopic (exact) mass is 229 g/mol. The summed E-state index contributed by atoms with van der Waals surface area (Å²) in [5.41, 5.74) is 0.987. The van der Waals surface area contributed by atoms with Gasteiger partial charge in [0, 0.05) is 15.4 Å². The molecule has 0 amide bonds. The molecule has 0 N–H and O–H groups in total. The van der Waals surface area contributed by atoms with Crippen molar-refractivity contribution in [2.24, 2.45) is 0 Å². The molecule has 2 aromatic rings. The Hall–Kier alpha value is -1.12. The summed E-state index contributed by atoms with van der Waals surface area (Å²) >= 11 is 6.57. The van der Waals surface area contributed by atoms with Gasteiger partial charge >= 0.3 is 0 Å². The van der Waals surface area contributed by atoms with Gasteiger partial charge in [-0.25, -0.2) is 0 Å². The molecule has 0 aromatic heterocycles. The van der Waals surface area contributed by atoms with Crippen LogP contribution in [0.4, 0.5) is 0 Å². The van der Waals surface area contributed by atoms with Crippen molar-refractivity contribution < 1.29 is 0 Å². The van der Waals surface area contributed by atoms with Crippen molar-refractivity contribution in [3.8, 4) is 0 Å². The van der Waals surface area contributed by atoms with Crippen molar-refractivity contribution >= 4 is 29.3 Å². The highest BCUT2D eigenvalue weighted by Gasteiger charge is 2.00. The predicted molar refractivity (Wildman–Crippen MR) is 68.7 cm³/mol. The van der Waals surface area contributed by atoms with E-state index in [-0.39, 0.29) is 0 Å². The molecule has 0 fully saturated rings. The highest BCUT2D eigenvalue weighted by molar-refractivity contribution is 7.99. The van der Waals surface area contributed by atoms with Crippen LogP contribution in [0.25, 0.3) is 0 Å². The molecule has 0 saturated carbocycles. The summed E-state index contributed by atoms with van der Waals surface area (Å²) in [6.45, 7) is 0. The summed E-state index contributed by atoms with van der Waals surface area (Å²) in [7, 11) is 0. The molecular weight excluding hydrogens is 220 g/mol. The zero-order valence-electron chi connectivity index (χ0n) is 8.01. The number of rotatable bonds is 3. The third kappa shape index (κ3) is 2.67. The van der Waals surface area contributed by atoms with Gasteiger partial charge in [0.1, 0.15) is 0 Å². The van der Waals surface area contributed by atoms with Gasteiger partial charge in [-0.2, -0.15) is 0 Å². The summed E-state index contributed by atoms with van der Waals surface area (Å²) in [6, 6.07) is 18.3. The Kier molecular flexibility index (Phi) is 3.54. The maximum atomic E-state index is 4.86. The Morgan fingerprint density at radius 1 is 0.867 bits per heavy atom. The number of hydrogen-bond acceptors (Lipinski definition) is 2. The van der Waals surface area contributed by atoms with Crippen LogP contribution >= 0.6 is 24.0 Å². The molecule has 0 unspecified atom stereocenters. The van der Waals surface area contributed by atoms with Crippen LogP contribution in [0.2, 0.25) is 0 Å². The first-order chi connectivity index (χ1) is 7.40. The Balaban J connectivity index is 2.28. The van der Waals surface area contributed by atoms with Crippen LogP contribution in [0.3, 0.4) is 0 Å². The first kappa shape index (κ1) is 10.4. The molecule has 0 saturated heterocycles. The average molecular weight is 229 g/mol. The van der Waals surface area contributed by atoms with Gasteiger partial charge in [0.05, 0.1) is 5.37 Å². The van der Waals surface area contributed by atoms with Crippen molar-refractivity contribution in [3.05, 3.63) is 60.2 Å². The molecule has 0 aliphatic heterocycles. The van der Waals surface area contributed by atoms with Crippen molar-refractivity contribution in [1.82, 2.24) is 0 Å². The van der Waals surface area contributed by atoms with E-state index in [0.717, 1.165) is 10.5 Å². The van der Waals surface area contributed by atoms with Crippen LogP contribution in [0, 0.1) is 0 Å². The zero-order chi connectivity index (χ0) is 10.5. The number of hydrogen-bond donors (Lipinski definition) is 0. The summed E-state index contributed by atoms with van der Waals surface area (Å²) < 4.78 is 0. The fourth-order valence-electron chi connectivity index (χ4n) is 1.26. The number of benzene rings is 2. The van der Waals surface area contributed by atoms with E-state index in [4.69, 9.17) is 12.2 Å². The normalized spacial score (nSPS) is 9.87. The van der Waals surface area contributed by atoms with Gasteiger partial charge in [-0.1, -0.05) is 60.4 Å². The third-order valence-electron chi connectivity index (χ3n) is 1.97. The van der Waals surface area contributed by atoms with Gasteiger partial charge in [0.2, 0.25) is 0 Å². The molecule has 0 aliphatic carbocycles. The van der Waals surface area contributed by atoms with E-state index in [1.165, 1.54) is 4.90 Å². The Bertz CT molecular complexity index is 449. The SMILES string of the molecule is S=[C]c1ccccc1Sc1ccccc1. The standard InChI is InChI=1S/C13H9S2/c14-10-11-6-4-5-9-13(11)15-12-7-2-1-3-8-12/h1-9H. The van der Waals surface area contributed by atoms with Crippen molar-refractivity contribution in [1.29, 1.82) is 0 Å². The van der Waals surface area contributed by atoms with Gasteiger partial charge in [-0.05, 0) is 18.2 Å². The van der Waals surface area contributed by atoms with E-state index in [9.17, 15) is 0 Å². The minimum atomic E-state index is 0.987. The lowest BCUT2D eigenvalue weighted by Gasteiger charge is -2.03. The predicted octanol–water partition coefficient (Wildman–Crippen LogP) is 4.06. The second kappa shape index (κ2) is 5.10. The lowest BCUT2D eigenvalue weighted by Crippen LogP contribution is -1.82. The van der Waals surface area contributed by atoms with Gasteiger partial charge in [0.15, 0.2) is 0 Å². The highest BCUT2D eigenvalue weighted by atomic mass is 32.2. The van der Waals surface area contributed by atoms with Crippen LogP contribution in [0.15, 0.2) is 64.4 Å². The summed E-state index contributed by atoms with van der Waals surface area (Å²) in [5.74, 6) is 0. The largest absolute Gasteiger partial charge is 0.0894 e. The van der Waals surface area contributed by atoms with Crippen molar-refractivity contribution in [2.75, 3.05) is 0 Å². The molecule has 0 aliphatic rings. The molecule has 2 heteroatoms. The second-order valence-electron chi connectivity index (χ2n) is 3.01. The van der Waals surface area contributed by atoms with Crippen LogP contribution in [0.1, 0.15) is 5.56 Å². The van der Waals surface area contributed by atoms with E-state index in [1.807, 2.05) is 36.4 Å². The lowest BCUT2D eigenvalue weighted by atomic mass is 10.2. The molecule has 2 rings (SSSR count). The zero-order valence-corrected chi connectivity index (χ0v) is 9.65. The second-order valence-corrected chi connectivity index (χ2v) is 4.33. The first-order valence-corrected chi connectivity index (χ1v) is 5.83. The molecule has 0 bridgehead atoms. The first-order valence-electron chi connectivity index (χ1n) is 4.60. The van der Waals surface area contributed by atoms with Crippen LogP contribution < -0.4 is 0 Å². The molecule has 15 heavy (non-hydrogen) atoms. The van der Waals surface area contributed by atoms with Crippen LogP contribution in [0.5, 0.6) is 0 Å². The molecule has 2 aromatic carbocycles. The summed E-state index contributed by atoms with van der Waals surface area (Å²) in [6.07, 6.45) is 0. The van der Waals surface area contributed by atoms with Crippen molar-refractivity contribution in [3.63, 3.8) is 0 Å². The fourth-order valence-corrected chi connectivity index (χ4v) is 2.42. The number of thiocarbonyl (C=S) groups is 1. The van der Waals surface area contributed by atoms with Gasteiger partial charge in [0.25, 0.3) is 0 Å². The average Bonchev–Trinajstić information content (AvgIpc) is 2.31. The third-order valence-corrected chi connectivity index (χ3v) is 3.27. The van der Waals surface area contributed by atoms with Gasteiger partial charge in [-0.3, -0.25) is 0 Å². The Labute approximate surface area is 99.3 Å². The smallest absolute Gasteiger partial charge is 0.0647 e.